The third-order valence-corrected chi connectivity index (χ3v) is 5.83. The molecule has 0 unspecified atom stereocenters. The highest BCUT2D eigenvalue weighted by Crippen LogP contribution is 2.20. The molecule has 0 aliphatic carbocycles. The number of amides is 6. The van der Waals surface area contributed by atoms with Crippen LogP contribution in [0.15, 0.2) is 72.8 Å². The van der Waals surface area contributed by atoms with Crippen molar-refractivity contribution in [3.8, 4) is 0 Å². The van der Waals surface area contributed by atoms with Crippen molar-refractivity contribution in [2.75, 3.05) is 49.3 Å². The number of nitrogens with zero attached hydrogens (tertiary/aromatic N) is 2. The van der Waals surface area contributed by atoms with E-state index in [1.165, 1.54) is 72.8 Å². The molecule has 2 aromatic carbocycles. The van der Waals surface area contributed by atoms with E-state index in [1.54, 1.807) is 0 Å². The van der Waals surface area contributed by atoms with Crippen molar-refractivity contribution in [3.63, 3.8) is 0 Å². The average Bonchev–Trinajstić information content (AvgIpc) is 3.48. The van der Waals surface area contributed by atoms with Crippen LogP contribution < -0.4 is 20.4 Å². The van der Waals surface area contributed by atoms with Crippen LogP contribution in [0.3, 0.4) is 0 Å². The minimum Gasteiger partial charge on any atom is -0.377 e. The highest BCUT2D eigenvalue weighted by molar-refractivity contribution is 6.28. The van der Waals surface area contributed by atoms with Gasteiger partial charge in [0, 0.05) is 48.5 Å². The van der Waals surface area contributed by atoms with E-state index in [-0.39, 0.29) is 38.1 Å². The van der Waals surface area contributed by atoms with E-state index in [0.717, 1.165) is 9.80 Å². The van der Waals surface area contributed by atoms with Crippen LogP contribution in [0.1, 0.15) is 20.7 Å². The Balaban J connectivity index is 1.03. The number of anilines is 2. The number of carbonyl (C=O) groups excluding carboxylic acids is 6. The van der Waals surface area contributed by atoms with Gasteiger partial charge in [-0.3, -0.25) is 28.8 Å². The van der Waals surface area contributed by atoms with Crippen molar-refractivity contribution in [1.82, 2.24) is 10.6 Å². The van der Waals surface area contributed by atoms with E-state index < -0.39 is 23.6 Å². The van der Waals surface area contributed by atoms with Gasteiger partial charge in [0.15, 0.2) is 0 Å². The predicted octanol–water partition coefficient (Wildman–Crippen LogP) is 0.738. The van der Waals surface area contributed by atoms with Crippen LogP contribution in [0.25, 0.3) is 0 Å². The van der Waals surface area contributed by atoms with Gasteiger partial charge in [0.2, 0.25) is 0 Å². The minimum absolute atomic E-state index is 0.271. The summed E-state index contributed by atoms with van der Waals surface area (Å²) in [5, 5.41) is 5.43. The summed E-state index contributed by atoms with van der Waals surface area (Å²) in [6, 6.07) is 12.2. The average molecular weight is 547 g/mol. The summed E-state index contributed by atoms with van der Waals surface area (Å²) in [6.07, 6.45) is 4.77. The second-order valence-electron chi connectivity index (χ2n) is 8.52. The molecule has 2 aromatic rings. The van der Waals surface area contributed by atoms with Gasteiger partial charge in [-0.05, 0) is 48.5 Å². The Morgan fingerprint density at radius 1 is 0.525 bits per heavy atom. The maximum Gasteiger partial charge on any atom is 0.258 e. The molecule has 4 rings (SSSR count). The van der Waals surface area contributed by atoms with Crippen molar-refractivity contribution in [1.29, 1.82) is 0 Å². The normalized spacial score (nSPS) is 14.4. The number of hydrogen-bond donors (Lipinski definition) is 2. The van der Waals surface area contributed by atoms with Crippen LogP contribution in [-0.4, -0.2) is 75.0 Å². The molecule has 40 heavy (non-hydrogen) atoms. The minimum atomic E-state index is -0.425. The summed E-state index contributed by atoms with van der Waals surface area (Å²) in [6.45, 7) is 1.70. The molecule has 0 bridgehead atoms. The van der Waals surface area contributed by atoms with Gasteiger partial charge in [0.25, 0.3) is 35.4 Å². The fourth-order valence-electron chi connectivity index (χ4n) is 3.83. The Kier molecular flexibility index (Phi) is 9.28. The number of carbonyl (C=O) groups is 6. The van der Waals surface area contributed by atoms with Gasteiger partial charge in [0.1, 0.15) is 0 Å². The van der Waals surface area contributed by atoms with E-state index >= 15 is 0 Å². The van der Waals surface area contributed by atoms with Gasteiger partial charge in [-0.25, -0.2) is 9.80 Å². The fraction of sp³-hybridized carbons (Fsp3) is 0.214. The van der Waals surface area contributed by atoms with Gasteiger partial charge in [-0.1, -0.05) is 0 Å². The van der Waals surface area contributed by atoms with Gasteiger partial charge in [-0.2, -0.15) is 0 Å². The van der Waals surface area contributed by atoms with E-state index in [4.69, 9.17) is 9.47 Å². The predicted molar refractivity (Wildman–Crippen MR) is 142 cm³/mol. The second-order valence-corrected chi connectivity index (χ2v) is 8.52. The molecule has 0 saturated heterocycles. The first kappa shape index (κ1) is 28.1. The first-order chi connectivity index (χ1) is 19.3. The lowest BCUT2D eigenvalue weighted by Gasteiger charge is -2.14. The fourth-order valence-corrected chi connectivity index (χ4v) is 3.83. The number of hydrogen-bond acceptors (Lipinski definition) is 8. The lowest BCUT2D eigenvalue weighted by atomic mass is 10.2. The van der Waals surface area contributed by atoms with E-state index in [1.807, 2.05) is 0 Å². The van der Waals surface area contributed by atoms with Crippen LogP contribution in [0, 0.1) is 0 Å². The Morgan fingerprint density at radius 3 is 1.18 bits per heavy atom. The van der Waals surface area contributed by atoms with E-state index in [9.17, 15) is 28.8 Å². The molecule has 0 spiro atoms. The lowest BCUT2D eigenvalue weighted by Crippen LogP contribution is -2.30. The molecule has 0 aromatic heterocycles. The summed E-state index contributed by atoms with van der Waals surface area (Å²) in [5.41, 5.74) is 1.54. The van der Waals surface area contributed by atoms with Crippen molar-refractivity contribution < 1.29 is 38.2 Å². The number of imide groups is 2. The zero-order chi connectivity index (χ0) is 28.5. The van der Waals surface area contributed by atoms with Gasteiger partial charge in [0.05, 0.1) is 37.8 Å². The second kappa shape index (κ2) is 13.2. The molecule has 6 amide bonds. The topological polar surface area (TPSA) is 151 Å². The molecular weight excluding hydrogens is 520 g/mol. The van der Waals surface area contributed by atoms with Gasteiger partial charge in [-0.15, -0.1) is 0 Å². The number of ether oxygens (including phenoxy) is 2. The van der Waals surface area contributed by atoms with Crippen molar-refractivity contribution in [2.24, 2.45) is 0 Å². The monoisotopic (exact) mass is 546 g/mol. The third-order valence-electron chi connectivity index (χ3n) is 5.83. The molecule has 2 aliphatic heterocycles. The highest BCUT2D eigenvalue weighted by Gasteiger charge is 2.26. The number of rotatable bonds is 13. The van der Waals surface area contributed by atoms with Crippen LogP contribution in [0.2, 0.25) is 0 Å². The Bertz CT molecular complexity index is 1220. The maximum absolute atomic E-state index is 12.3. The number of nitrogens with one attached hydrogen (secondary N) is 2. The number of benzene rings is 2. The quantitative estimate of drug-likeness (QED) is 0.276. The highest BCUT2D eigenvalue weighted by atomic mass is 16.5. The van der Waals surface area contributed by atoms with Gasteiger partial charge >= 0.3 is 0 Å². The van der Waals surface area contributed by atoms with Crippen LogP contribution in [-0.2, 0) is 28.7 Å². The zero-order valence-corrected chi connectivity index (χ0v) is 21.3. The van der Waals surface area contributed by atoms with E-state index in [2.05, 4.69) is 10.6 Å². The van der Waals surface area contributed by atoms with Gasteiger partial charge < -0.3 is 20.1 Å². The molecule has 0 saturated carbocycles. The third kappa shape index (κ3) is 6.92. The summed E-state index contributed by atoms with van der Waals surface area (Å²) in [5.74, 6) is -2.33. The molecule has 0 radical (unpaired) electrons. The molecule has 206 valence electrons. The standard InChI is InChI=1S/C28H26N4O8/c33-23-9-10-24(34)31(23)21-5-1-19(2-6-21)27(37)29-13-15-39-17-18-40-16-14-30-28(38)20-3-7-22(8-4-20)32-25(35)11-12-26(32)36/h1-12H,13-18H2,(H,29,37)(H,30,38). The molecule has 12 nitrogen and oxygen atoms in total. The zero-order valence-electron chi connectivity index (χ0n) is 21.3. The SMILES string of the molecule is O=C(NCCOCCOCCNC(=O)c1ccc(N2C(=O)C=CC2=O)cc1)c1ccc(N2C(=O)C=CC2=O)cc1. The van der Waals surface area contributed by atoms with Crippen LogP contribution in [0.4, 0.5) is 11.4 Å². The first-order valence-corrected chi connectivity index (χ1v) is 12.4. The van der Waals surface area contributed by atoms with Crippen LogP contribution in [0.5, 0.6) is 0 Å². The summed E-state index contributed by atoms with van der Waals surface area (Å²) in [7, 11) is 0. The molecular formula is C28H26N4O8. The van der Waals surface area contributed by atoms with Crippen LogP contribution >= 0.6 is 0 Å². The van der Waals surface area contributed by atoms with Crippen molar-refractivity contribution >= 4 is 46.8 Å². The van der Waals surface area contributed by atoms with Crippen molar-refractivity contribution in [2.45, 2.75) is 0 Å². The van der Waals surface area contributed by atoms with Crippen molar-refractivity contribution in [3.05, 3.63) is 84.0 Å². The molecule has 12 heteroatoms. The molecule has 2 heterocycles. The summed E-state index contributed by atoms with van der Waals surface area (Å²) in [4.78, 5) is 73.5. The molecule has 2 aliphatic rings. The smallest absolute Gasteiger partial charge is 0.258 e. The Labute approximate surface area is 229 Å². The maximum atomic E-state index is 12.3. The Morgan fingerprint density at radius 2 is 0.850 bits per heavy atom. The molecule has 0 fully saturated rings. The molecule has 2 N–H and O–H groups in total. The first-order valence-electron chi connectivity index (χ1n) is 12.4. The lowest BCUT2D eigenvalue weighted by molar-refractivity contribution is -0.121. The molecule has 0 atom stereocenters. The summed E-state index contributed by atoms with van der Waals surface area (Å²) < 4.78 is 10.8. The Hall–Kier alpha value is -4.94. The summed E-state index contributed by atoms with van der Waals surface area (Å²) >= 11 is 0. The largest absolute Gasteiger partial charge is 0.377 e. The van der Waals surface area contributed by atoms with E-state index in [0.29, 0.717) is 35.7 Å².